The van der Waals surface area contributed by atoms with Gasteiger partial charge in [0.1, 0.15) is 5.60 Å². The first-order chi connectivity index (χ1) is 9.87. The van der Waals surface area contributed by atoms with Gasteiger partial charge < -0.3 is 14.2 Å². The van der Waals surface area contributed by atoms with Crippen LogP contribution in [0.2, 0.25) is 0 Å². The molecule has 0 aliphatic heterocycles. The van der Waals surface area contributed by atoms with Crippen molar-refractivity contribution in [2.24, 2.45) is 0 Å². The molecule has 0 aliphatic rings. The molecule has 0 aliphatic carbocycles. The van der Waals surface area contributed by atoms with Crippen LogP contribution in [-0.2, 0) is 4.74 Å². The molecule has 0 heterocycles. The van der Waals surface area contributed by atoms with E-state index in [2.05, 4.69) is 4.74 Å². The minimum Gasteiger partial charge on any atom is -0.428 e. The number of rotatable bonds is 3. The SMILES string of the molecule is CC(=O)c1ccc(OC(=O)OC(C)(C)C)c(OC(F)(F)F)c1. The van der Waals surface area contributed by atoms with Gasteiger partial charge in [-0.15, -0.1) is 13.2 Å². The van der Waals surface area contributed by atoms with Gasteiger partial charge in [0.2, 0.25) is 0 Å². The molecule has 1 aromatic carbocycles. The molecular weight excluding hydrogens is 305 g/mol. The maximum Gasteiger partial charge on any atom is 0.573 e. The van der Waals surface area contributed by atoms with E-state index in [4.69, 9.17) is 9.47 Å². The summed E-state index contributed by atoms with van der Waals surface area (Å²) in [6.07, 6.45) is -6.18. The average molecular weight is 320 g/mol. The minimum atomic E-state index is -5.00. The molecule has 0 N–H and O–H groups in total. The maximum absolute atomic E-state index is 12.4. The molecule has 0 atom stereocenters. The molecule has 8 heteroatoms. The fraction of sp³-hybridized carbons (Fsp3) is 0.429. The van der Waals surface area contributed by atoms with Crippen molar-refractivity contribution in [1.82, 2.24) is 0 Å². The second-order valence-corrected chi connectivity index (χ2v) is 5.33. The van der Waals surface area contributed by atoms with Crippen LogP contribution in [0.5, 0.6) is 11.5 Å². The zero-order valence-electron chi connectivity index (χ0n) is 12.4. The molecule has 1 aromatic rings. The van der Waals surface area contributed by atoms with E-state index in [1.807, 2.05) is 0 Å². The van der Waals surface area contributed by atoms with E-state index >= 15 is 0 Å². The third-order valence-corrected chi connectivity index (χ3v) is 2.16. The lowest BCUT2D eigenvalue weighted by atomic mass is 10.1. The fourth-order valence-electron chi connectivity index (χ4n) is 1.38. The van der Waals surface area contributed by atoms with Gasteiger partial charge in [0.15, 0.2) is 17.3 Å². The predicted octanol–water partition coefficient (Wildman–Crippen LogP) is 4.10. The summed E-state index contributed by atoms with van der Waals surface area (Å²) in [5.41, 5.74) is -0.891. The first kappa shape index (κ1) is 17.8. The van der Waals surface area contributed by atoms with Crippen molar-refractivity contribution >= 4 is 11.9 Å². The molecule has 0 saturated heterocycles. The summed E-state index contributed by atoms with van der Waals surface area (Å²) in [6, 6.07) is 3.09. The highest BCUT2D eigenvalue weighted by atomic mass is 19.4. The van der Waals surface area contributed by atoms with Crippen molar-refractivity contribution in [3.63, 3.8) is 0 Å². The average Bonchev–Trinajstić information content (AvgIpc) is 2.26. The highest BCUT2D eigenvalue weighted by molar-refractivity contribution is 5.94. The first-order valence-corrected chi connectivity index (χ1v) is 6.19. The monoisotopic (exact) mass is 320 g/mol. The molecule has 0 spiro atoms. The molecule has 0 amide bonds. The Balaban J connectivity index is 3.07. The Kier molecular flexibility index (Phi) is 5.05. The highest BCUT2D eigenvalue weighted by Gasteiger charge is 2.33. The predicted molar refractivity (Wildman–Crippen MR) is 70.0 cm³/mol. The van der Waals surface area contributed by atoms with E-state index < -0.39 is 35.4 Å². The number of halogens is 3. The van der Waals surface area contributed by atoms with Gasteiger partial charge in [0.05, 0.1) is 0 Å². The number of hydrogen-bond acceptors (Lipinski definition) is 5. The largest absolute Gasteiger partial charge is 0.573 e. The summed E-state index contributed by atoms with van der Waals surface area (Å²) < 4.78 is 50.5. The first-order valence-electron chi connectivity index (χ1n) is 6.19. The van der Waals surface area contributed by atoms with E-state index in [1.54, 1.807) is 20.8 Å². The lowest BCUT2D eigenvalue weighted by Gasteiger charge is -2.19. The zero-order chi connectivity index (χ0) is 17.1. The van der Waals surface area contributed by atoms with Crippen LogP contribution in [0.1, 0.15) is 38.1 Å². The van der Waals surface area contributed by atoms with Crippen LogP contribution < -0.4 is 9.47 Å². The van der Waals surface area contributed by atoms with Gasteiger partial charge in [0, 0.05) is 5.56 Å². The standard InChI is InChI=1S/C14H15F3O5/c1-8(18)9-5-6-10(11(7-9)21-14(15,16)17)20-12(19)22-13(2,3)4/h5-7H,1-4H3. The van der Waals surface area contributed by atoms with Crippen molar-refractivity contribution in [3.8, 4) is 11.5 Å². The number of carbonyl (C=O) groups is 2. The molecule has 0 radical (unpaired) electrons. The summed E-state index contributed by atoms with van der Waals surface area (Å²) >= 11 is 0. The number of carbonyl (C=O) groups excluding carboxylic acids is 2. The summed E-state index contributed by atoms with van der Waals surface area (Å²) in [5, 5.41) is 0. The number of Topliss-reactive ketones (excluding diaryl/α,β-unsaturated/α-hetero) is 1. The fourth-order valence-corrected chi connectivity index (χ4v) is 1.38. The minimum absolute atomic E-state index is 0.0178. The number of ketones is 1. The quantitative estimate of drug-likeness (QED) is 0.476. The van der Waals surface area contributed by atoms with E-state index in [-0.39, 0.29) is 5.56 Å². The molecule has 0 unspecified atom stereocenters. The Bertz CT molecular complexity index is 573. The number of benzene rings is 1. The molecule has 0 fully saturated rings. The Morgan fingerprint density at radius 3 is 2.09 bits per heavy atom. The van der Waals surface area contributed by atoms with Gasteiger partial charge in [-0.2, -0.15) is 0 Å². The van der Waals surface area contributed by atoms with Gasteiger partial charge in [-0.3, -0.25) is 4.79 Å². The summed E-state index contributed by atoms with van der Waals surface area (Å²) in [7, 11) is 0. The summed E-state index contributed by atoms with van der Waals surface area (Å²) in [4.78, 5) is 22.7. The number of hydrogen-bond donors (Lipinski definition) is 0. The maximum atomic E-state index is 12.4. The molecule has 0 bridgehead atoms. The second-order valence-electron chi connectivity index (χ2n) is 5.33. The van der Waals surface area contributed by atoms with Crippen LogP contribution in [-0.4, -0.2) is 23.9 Å². The normalized spacial score (nSPS) is 11.8. The molecule has 22 heavy (non-hydrogen) atoms. The lowest BCUT2D eigenvalue weighted by molar-refractivity contribution is -0.275. The number of alkyl halides is 3. The van der Waals surface area contributed by atoms with Gasteiger partial charge >= 0.3 is 12.5 Å². The topological polar surface area (TPSA) is 61.8 Å². The lowest BCUT2D eigenvalue weighted by Crippen LogP contribution is -2.26. The Morgan fingerprint density at radius 1 is 1.05 bits per heavy atom. The van der Waals surface area contributed by atoms with Gasteiger partial charge in [-0.1, -0.05) is 0 Å². The molecule has 5 nitrogen and oxygen atoms in total. The van der Waals surface area contributed by atoms with E-state index in [0.717, 1.165) is 12.1 Å². The van der Waals surface area contributed by atoms with Crippen molar-refractivity contribution in [2.45, 2.75) is 39.7 Å². The summed E-state index contributed by atoms with van der Waals surface area (Å²) in [6.45, 7) is 5.89. The van der Waals surface area contributed by atoms with Crippen LogP contribution in [0.3, 0.4) is 0 Å². The van der Waals surface area contributed by atoms with Gasteiger partial charge in [-0.25, -0.2) is 4.79 Å². The molecule has 0 aromatic heterocycles. The van der Waals surface area contributed by atoms with Gasteiger partial charge in [-0.05, 0) is 45.9 Å². The molecule has 0 saturated carbocycles. The van der Waals surface area contributed by atoms with Crippen LogP contribution in [0.25, 0.3) is 0 Å². The summed E-state index contributed by atoms with van der Waals surface area (Å²) in [5.74, 6) is -1.77. The smallest absolute Gasteiger partial charge is 0.428 e. The van der Waals surface area contributed by atoms with E-state index in [9.17, 15) is 22.8 Å². The van der Waals surface area contributed by atoms with Crippen LogP contribution in [0.4, 0.5) is 18.0 Å². The van der Waals surface area contributed by atoms with Crippen LogP contribution in [0.15, 0.2) is 18.2 Å². The third-order valence-electron chi connectivity index (χ3n) is 2.16. The second kappa shape index (κ2) is 6.25. The van der Waals surface area contributed by atoms with Crippen molar-refractivity contribution in [3.05, 3.63) is 23.8 Å². The van der Waals surface area contributed by atoms with Crippen molar-refractivity contribution < 1.29 is 37.0 Å². The Labute approximate surface area is 125 Å². The third kappa shape index (κ3) is 6.02. The molecule has 1 rings (SSSR count). The van der Waals surface area contributed by atoms with E-state index in [0.29, 0.717) is 0 Å². The van der Waals surface area contributed by atoms with E-state index in [1.165, 1.54) is 13.0 Å². The highest BCUT2D eigenvalue weighted by Crippen LogP contribution is 2.33. The number of ether oxygens (including phenoxy) is 3. The van der Waals surface area contributed by atoms with Crippen molar-refractivity contribution in [2.75, 3.05) is 0 Å². The van der Waals surface area contributed by atoms with Crippen LogP contribution >= 0.6 is 0 Å². The Morgan fingerprint density at radius 2 is 1.64 bits per heavy atom. The van der Waals surface area contributed by atoms with Crippen LogP contribution in [0, 0.1) is 0 Å². The zero-order valence-corrected chi connectivity index (χ0v) is 12.4. The Hall–Kier alpha value is -2.25. The molecular formula is C14H15F3O5. The molecule has 122 valence electrons. The van der Waals surface area contributed by atoms with Gasteiger partial charge in [0.25, 0.3) is 0 Å². The van der Waals surface area contributed by atoms with Crippen molar-refractivity contribution in [1.29, 1.82) is 0 Å².